The Kier molecular flexibility index (Phi) is 5.56. The topological polar surface area (TPSA) is 51.4 Å². The highest BCUT2D eigenvalue weighted by atomic mass is 16.5. The van der Waals surface area contributed by atoms with Crippen LogP contribution in [0.15, 0.2) is 77.9 Å². The van der Waals surface area contributed by atoms with E-state index in [1.807, 2.05) is 42.5 Å². The van der Waals surface area contributed by atoms with Gasteiger partial charge >= 0.3 is 0 Å². The van der Waals surface area contributed by atoms with Crippen LogP contribution in [-0.4, -0.2) is 15.8 Å². The van der Waals surface area contributed by atoms with Crippen molar-refractivity contribution in [1.29, 1.82) is 0 Å². The minimum atomic E-state index is 0.558. The molecule has 3 aromatic carbocycles. The van der Waals surface area contributed by atoms with Crippen LogP contribution in [0.3, 0.4) is 0 Å². The smallest absolute Gasteiger partial charge is 0.224 e. The number of hydrazone groups is 1. The molecule has 0 fully saturated rings. The molecule has 5 heteroatoms. The number of aromatic nitrogens is 2. The van der Waals surface area contributed by atoms with Crippen LogP contribution >= 0.6 is 0 Å². The molecule has 146 valence electrons. The van der Waals surface area contributed by atoms with E-state index >= 15 is 0 Å². The second kappa shape index (κ2) is 8.61. The summed E-state index contributed by atoms with van der Waals surface area (Å²) in [7, 11) is 0. The molecule has 0 aliphatic rings. The Hall–Kier alpha value is -3.60. The molecule has 4 rings (SSSR count). The largest absolute Gasteiger partial charge is 0.489 e. The van der Waals surface area contributed by atoms with Crippen LogP contribution < -0.4 is 10.2 Å². The van der Waals surface area contributed by atoms with Gasteiger partial charge in [-0.1, -0.05) is 42.0 Å². The Labute approximate surface area is 170 Å². The molecule has 1 aromatic heterocycles. The molecule has 0 atom stereocenters. The van der Waals surface area contributed by atoms with Gasteiger partial charge < -0.3 is 9.30 Å². The Morgan fingerprint density at radius 1 is 1.00 bits per heavy atom. The first kappa shape index (κ1) is 18.7. The Morgan fingerprint density at radius 3 is 2.52 bits per heavy atom. The van der Waals surface area contributed by atoms with Crippen LogP contribution in [0, 0.1) is 6.92 Å². The summed E-state index contributed by atoms with van der Waals surface area (Å²) in [5, 5.41) is 4.35. The fourth-order valence-electron chi connectivity index (χ4n) is 3.15. The number of benzene rings is 3. The van der Waals surface area contributed by atoms with Gasteiger partial charge in [-0.2, -0.15) is 5.10 Å². The lowest BCUT2D eigenvalue weighted by Crippen LogP contribution is -2.01. The van der Waals surface area contributed by atoms with Gasteiger partial charge in [-0.25, -0.2) is 10.4 Å². The molecule has 0 aliphatic carbocycles. The summed E-state index contributed by atoms with van der Waals surface area (Å²) < 4.78 is 7.96. The van der Waals surface area contributed by atoms with Gasteiger partial charge in [0.05, 0.1) is 17.2 Å². The van der Waals surface area contributed by atoms with Gasteiger partial charge in [-0.15, -0.1) is 0 Å². The van der Waals surface area contributed by atoms with Gasteiger partial charge in [0, 0.05) is 6.54 Å². The first-order chi connectivity index (χ1) is 14.2. The van der Waals surface area contributed by atoms with Crippen molar-refractivity contribution in [3.05, 3.63) is 89.5 Å². The zero-order valence-corrected chi connectivity index (χ0v) is 16.7. The Balaban J connectivity index is 1.37. The minimum Gasteiger partial charge on any atom is -0.489 e. The highest BCUT2D eigenvalue weighted by Crippen LogP contribution is 2.19. The Morgan fingerprint density at radius 2 is 1.76 bits per heavy atom. The summed E-state index contributed by atoms with van der Waals surface area (Å²) in [6.45, 7) is 5.56. The van der Waals surface area contributed by atoms with Crippen LogP contribution in [0.25, 0.3) is 11.0 Å². The number of nitrogens with one attached hydrogen (secondary N) is 1. The van der Waals surface area contributed by atoms with Crippen molar-refractivity contribution in [2.45, 2.75) is 27.0 Å². The summed E-state index contributed by atoms with van der Waals surface area (Å²) in [6.07, 6.45) is 1.78. The molecular weight excluding hydrogens is 360 g/mol. The number of rotatable bonds is 7. The minimum absolute atomic E-state index is 0.558. The van der Waals surface area contributed by atoms with Gasteiger partial charge in [-0.3, -0.25) is 0 Å². The van der Waals surface area contributed by atoms with E-state index in [1.165, 1.54) is 5.56 Å². The molecule has 29 heavy (non-hydrogen) atoms. The molecule has 0 saturated heterocycles. The van der Waals surface area contributed by atoms with E-state index in [2.05, 4.69) is 64.3 Å². The molecule has 0 unspecified atom stereocenters. The molecule has 4 aromatic rings. The van der Waals surface area contributed by atoms with Gasteiger partial charge in [0.15, 0.2) is 0 Å². The van der Waals surface area contributed by atoms with Crippen molar-refractivity contribution in [3.63, 3.8) is 0 Å². The van der Waals surface area contributed by atoms with E-state index in [0.717, 1.165) is 40.4 Å². The second-order valence-electron chi connectivity index (χ2n) is 6.88. The molecule has 0 bridgehead atoms. The van der Waals surface area contributed by atoms with E-state index in [-0.39, 0.29) is 0 Å². The molecule has 1 N–H and O–H groups in total. The van der Waals surface area contributed by atoms with Crippen molar-refractivity contribution >= 4 is 23.2 Å². The standard InChI is InChI=1S/C24H24N4O/c1-3-28-23-7-5-4-6-22(23)26-24(28)27-25-16-19-12-14-21(15-13-19)29-17-20-10-8-18(2)9-11-20/h4-16H,3,17H2,1-2H3,(H,26,27)/b25-16-. The van der Waals surface area contributed by atoms with Crippen LogP contribution in [-0.2, 0) is 13.2 Å². The summed E-state index contributed by atoms with van der Waals surface area (Å²) >= 11 is 0. The van der Waals surface area contributed by atoms with Crippen LogP contribution in [0.5, 0.6) is 5.75 Å². The van der Waals surface area contributed by atoms with Crippen LogP contribution in [0.1, 0.15) is 23.6 Å². The number of anilines is 1. The lowest BCUT2D eigenvalue weighted by molar-refractivity contribution is 0.306. The maximum atomic E-state index is 5.85. The van der Waals surface area contributed by atoms with Crippen LogP contribution in [0.2, 0.25) is 0 Å². The summed E-state index contributed by atoms with van der Waals surface area (Å²) in [5.74, 6) is 1.58. The average molecular weight is 384 g/mol. The van der Waals surface area contributed by atoms with Crippen molar-refractivity contribution < 1.29 is 4.74 Å². The highest BCUT2D eigenvalue weighted by molar-refractivity contribution is 5.81. The molecule has 0 amide bonds. The highest BCUT2D eigenvalue weighted by Gasteiger charge is 2.07. The molecular formula is C24H24N4O. The molecule has 0 radical (unpaired) electrons. The maximum absolute atomic E-state index is 5.85. The molecule has 0 spiro atoms. The first-order valence-electron chi connectivity index (χ1n) is 9.75. The summed E-state index contributed by atoms with van der Waals surface area (Å²) in [4.78, 5) is 4.61. The van der Waals surface area contributed by atoms with E-state index in [0.29, 0.717) is 6.61 Å². The Bertz CT molecular complexity index is 1110. The number of hydrogen-bond donors (Lipinski definition) is 1. The summed E-state index contributed by atoms with van der Waals surface area (Å²) in [6, 6.07) is 24.3. The summed E-state index contributed by atoms with van der Waals surface area (Å²) in [5.41, 5.74) is 8.51. The lowest BCUT2D eigenvalue weighted by Gasteiger charge is -2.07. The van der Waals surface area contributed by atoms with E-state index in [1.54, 1.807) is 6.21 Å². The molecule has 0 aliphatic heterocycles. The fraction of sp³-hybridized carbons (Fsp3) is 0.167. The van der Waals surface area contributed by atoms with Crippen molar-refractivity contribution in [3.8, 4) is 5.75 Å². The van der Waals surface area contributed by atoms with Gasteiger partial charge in [0.1, 0.15) is 12.4 Å². The van der Waals surface area contributed by atoms with E-state index in [4.69, 9.17) is 4.74 Å². The third kappa shape index (κ3) is 4.46. The fourth-order valence-corrected chi connectivity index (χ4v) is 3.15. The number of fused-ring (bicyclic) bond motifs is 1. The zero-order valence-electron chi connectivity index (χ0n) is 16.7. The van der Waals surface area contributed by atoms with Crippen molar-refractivity contribution in [2.24, 2.45) is 5.10 Å². The van der Waals surface area contributed by atoms with Gasteiger partial charge in [0.25, 0.3) is 0 Å². The third-order valence-corrected chi connectivity index (χ3v) is 4.76. The van der Waals surface area contributed by atoms with Gasteiger partial charge in [0.2, 0.25) is 5.95 Å². The average Bonchev–Trinajstić information content (AvgIpc) is 3.11. The number of nitrogens with zero attached hydrogens (tertiary/aromatic N) is 3. The quantitative estimate of drug-likeness (QED) is 0.343. The molecule has 0 saturated carbocycles. The predicted octanol–water partition coefficient (Wildman–Crippen LogP) is 5.39. The number of imidazole rings is 1. The number of hydrogen-bond acceptors (Lipinski definition) is 4. The SMILES string of the molecule is CCn1c(N/N=C\c2ccc(OCc3ccc(C)cc3)cc2)nc2ccccc21. The zero-order chi connectivity index (χ0) is 20.1. The third-order valence-electron chi connectivity index (χ3n) is 4.76. The van der Waals surface area contributed by atoms with E-state index < -0.39 is 0 Å². The molecule has 5 nitrogen and oxygen atoms in total. The van der Waals surface area contributed by atoms with Crippen molar-refractivity contribution in [1.82, 2.24) is 9.55 Å². The molecule has 1 heterocycles. The van der Waals surface area contributed by atoms with Gasteiger partial charge in [-0.05, 0) is 61.4 Å². The number of ether oxygens (including phenoxy) is 1. The van der Waals surface area contributed by atoms with Crippen molar-refractivity contribution in [2.75, 3.05) is 5.43 Å². The predicted molar refractivity (Wildman–Crippen MR) is 119 cm³/mol. The number of aryl methyl sites for hydroxylation is 2. The monoisotopic (exact) mass is 384 g/mol. The lowest BCUT2D eigenvalue weighted by atomic mass is 10.2. The maximum Gasteiger partial charge on any atom is 0.224 e. The van der Waals surface area contributed by atoms with E-state index in [9.17, 15) is 0 Å². The van der Waals surface area contributed by atoms with Crippen LogP contribution in [0.4, 0.5) is 5.95 Å². The number of para-hydroxylation sites is 2. The second-order valence-corrected chi connectivity index (χ2v) is 6.88. The normalized spacial score (nSPS) is 11.2. The first-order valence-corrected chi connectivity index (χ1v) is 9.75.